The molecule has 0 aromatic heterocycles. The summed E-state index contributed by atoms with van der Waals surface area (Å²) in [5.74, 6) is 0.0651. The molecule has 1 rings (SSSR count). The Balaban J connectivity index is 2.42. The Morgan fingerprint density at radius 3 is 2.68 bits per heavy atom. The van der Waals surface area contributed by atoms with E-state index >= 15 is 0 Å². The third-order valence-corrected chi connectivity index (χ3v) is 2.81. The quantitative estimate of drug-likeness (QED) is 0.783. The van der Waals surface area contributed by atoms with Crippen molar-refractivity contribution in [2.24, 2.45) is 5.73 Å². The summed E-state index contributed by atoms with van der Waals surface area (Å²) in [7, 11) is 4.09. The minimum atomic E-state index is 0.0651. The molecule has 0 fully saturated rings. The van der Waals surface area contributed by atoms with Gasteiger partial charge in [0, 0.05) is 25.6 Å². The molecule has 0 spiro atoms. The van der Waals surface area contributed by atoms with E-state index in [4.69, 9.17) is 5.73 Å². The molecule has 0 aliphatic rings. The Bertz CT molecular complexity index is 402. The monoisotopic (exact) mass is 263 g/mol. The molecular formula is C15H25N3O. The molecule has 1 unspecified atom stereocenters. The molecular weight excluding hydrogens is 238 g/mol. The topological polar surface area (TPSA) is 58.4 Å². The smallest absolute Gasteiger partial charge is 0.220 e. The number of benzene rings is 1. The SMILES string of the molecule is CC(N)CCC(=O)NCc1cccc(CN(C)C)c1. The lowest BCUT2D eigenvalue weighted by Crippen LogP contribution is -2.25. The molecule has 3 N–H and O–H groups in total. The fourth-order valence-corrected chi connectivity index (χ4v) is 1.85. The second kappa shape index (κ2) is 7.92. The summed E-state index contributed by atoms with van der Waals surface area (Å²) in [4.78, 5) is 13.7. The highest BCUT2D eigenvalue weighted by Crippen LogP contribution is 2.07. The van der Waals surface area contributed by atoms with Crippen molar-refractivity contribution in [2.75, 3.05) is 14.1 Å². The van der Waals surface area contributed by atoms with Crippen LogP contribution in [0, 0.1) is 0 Å². The van der Waals surface area contributed by atoms with E-state index in [9.17, 15) is 4.79 Å². The van der Waals surface area contributed by atoms with E-state index in [-0.39, 0.29) is 11.9 Å². The average molecular weight is 263 g/mol. The standard InChI is InChI=1S/C15H25N3O/c1-12(16)7-8-15(19)17-10-13-5-4-6-14(9-13)11-18(2)3/h4-6,9,12H,7-8,10-11,16H2,1-3H3,(H,17,19). The van der Waals surface area contributed by atoms with Gasteiger partial charge < -0.3 is 16.0 Å². The lowest BCUT2D eigenvalue weighted by molar-refractivity contribution is -0.121. The first-order chi connectivity index (χ1) is 8.97. The zero-order valence-corrected chi connectivity index (χ0v) is 12.1. The fourth-order valence-electron chi connectivity index (χ4n) is 1.85. The molecule has 1 aromatic carbocycles. The van der Waals surface area contributed by atoms with Crippen LogP contribution < -0.4 is 11.1 Å². The summed E-state index contributed by atoms with van der Waals surface area (Å²) in [6.45, 7) is 3.41. The van der Waals surface area contributed by atoms with E-state index in [1.165, 1.54) is 5.56 Å². The van der Waals surface area contributed by atoms with Gasteiger partial charge in [0.25, 0.3) is 0 Å². The lowest BCUT2D eigenvalue weighted by atomic mass is 10.1. The van der Waals surface area contributed by atoms with Gasteiger partial charge in [-0.05, 0) is 38.6 Å². The Morgan fingerprint density at radius 2 is 2.05 bits per heavy atom. The first kappa shape index (κ1) is 15.7. The summed E-state index contributed by atoms with van der Waals surface area (Å²) in [5, 5.41) is 2.93. The second-order valence-corrected chi connectivity index (χ2v) is 5.35. The van der Waals surface area contributed by atoms with E-state index in [1.54, 1.807) is 0 Å². The molecule has 0 bridgehead atoms. The van der Waals surface area contributed by atoms with Crippen LogP contribution in [0.25, 0.3) is 0 Å². The van der Waals surface area contributed by atoms with E-state index in [0.29, 0.717) is 13.0 Å². The number of carbonyl (C=O) groups is 1. The van der Waals surface area contributed by atoms with Crippen molar-refractivity contribution in [3.05, 3.63) is 35.4 Å². The van der Waals surface area contributed by atoms with Gasteiger partial charge in [-0.1, -0.05) is 24.3 Å². The van der Waals surface area contributed by atoms with Crippen molar-refractivity contribution in [3.8, 4) is 0 Å². The van der Waals surface area contributed by atoms with Gasteiger partial charge in [-0.3, -0.25) is 4.79 Å². The highest BCUT2D eigenvalue weighted by molar-refractivity contribution is 5.75. The van der Waals surface area contributed by atoms with Gasteiger partial charge in [-0.2, -0.15) is 0 Å². The van der Waals surface area contributed by atoms with Gasteiger partial charge in [0.15, 0.2) is 0 Å². The van der Waals surface area contributed by atoms with Crippen molar-refractivity contribution in [1.29, 1.82) is 0 Å². The third kappa shape index (κ3) is 6.94. The number of nitrogens with one attached hydrogen (secondary N) is 1. The number of nitrogens with zero attached hydrogens (tertiary/aromatic N) is 1. The first-order valence-electron chi connectivity index (χ1n) is 6.72. The maximum absolute atomic E-state index is 11.6. The van der Waals surface area contributed by atoms with Crippen LogP contribution in [0.4, 0.5) is 0 Å². The van der Waals surface area contributed by atoms with Gasteiger partial charge in [0.1, 0.15) is 0 Å². The fraction of sp³-hybridized carbons (Fsp3) is 0.533. The number of rotatable bonds is 7. The summed E-state index contributed by atoms with van der Waals surface area (Å²) in [5.41, 5.74) is 8.02. The molecule has 0 aliphatic carbocycles. The average Bonchev–Trinajstić information content (AvgIpc) is 2.33. The summed E-state index contributed by atoms with van der Waals surface area (Å²) in [6.07, 6.45) is 1.22. The number of hydrogen-bond acceptors (Lipinski definition) is 3. The molecule has 0 saturated heterocycles. The van der Waals surface area contributed by atoms with Crippen LogP contribution in [-0.4, -0.2) is 30.9 Å². The van der Waals surface area contributed by atoms with Crippen LogP contribution in [0.3, 0.4) is 0 Å². The maximum atomic E-state index is 11.6. The number of amides is 1. The van der Waals surface area contributed by atoms with Gasteiger partial charge in [-0.25, -0.2) is 0 Å². The summed E-state index contributed by atoms with van der Waals surface area (Å²) < 4.78 is 0. The molecule has 19 heavy (non-hydrogen) atoms. The first-order valence-corrected chi connectivity index (χ1v) is 6.72. The largest absolute Gasteiger partial charge is 0.352 e. The Labute approximate surface area is 116 Å². The van der Waals surface area contributed by atoms with E-state index in [0.717, 1.165) is 18.5 Å². The minimum absolute atomic E-state index is 0.0651. The Hall–Kier alpha value is -1.39. The number of carbonyl (C=O) groups excluding carboxylic acids is 1. The van der Waals surface area contributed by atoms with Gasteiger partial charge >= 0.3 is 0 Å². The van der Waals surface area contributed by atoms with Gasteiger partial charge in [0.2, 0.25) is 5.91 Å². The molecule has 4 heteroatoms. The van der Waals surface area contributed by atoms with Crippen molar-refractivity contribution < 1.29 is 4.79 Å². The van der Waals surface area contributed by atoms with E-state index < -0.39 is 0 Å². The van der Waals surface area contributed by atoms with Gasteiger partial charge in [0.05, 0.1) is 0 Å². The van der Waals surface area contributed by atoms with E-state index in [1.807, 2.05) is 33.2 Å². The van der Waals surface area contributed by atoms with Crippen LogP contribution in [0.5, 0.6) is 0 Å². The molecule has 0 aliphatic heterocycles. The van der Waals surface area contributed by atoms with Gasteiger partial charge in [-0.15, -0.1) is 0 Å². The number of hydrogen-bond donors (Lipinski definition) is 2. The molecule has 0 heterocycles. The summed E-state index contributed by atoms with van der Waals surface area (Å²) in [6, 6.07) is 8.37. The molecule has 0 radical (unpaired) electrons. The highest BCUT2D eigenvalue weighted by Gasteiger charge is 2.04. The van der Waals surface area contributed by atoms with Crippen molar-refractivity contribution >= 4 is 5.91 Å². The Kier molecular flexibility index (Phi) is 6.53. The third-order valence-electron chi connectivity index (χ3n) is 2.81. The lowest BCUT2D eigenvalue weighted by Gasteiger charge is -2.11. The molecule has 1 amide bonds. The number of nitrogens with two attached hydrogens (primary N) is 1. The van der Waals surface area contributed by atoms with Crippen LogP contribution in [0.15, 0.2) is 24.3 Å². The summed E-state index contributed by atoms with van der Waals surface area (Å²) >= 11 is 0. The molecule has 106 valence electrons. The second-order valence-electron chi connectivity index (χ2n) is 5.35. The predicted octanol–water partition coefficient (Wildman–Crippen LogP) is 1.49. The highest BCUT2D eigenvalue weighted by atomic mass is 16.1. The minimum Gasteiger partial charge on any atom is -0.352 e. The Morgan fingerprint density at radius 1 is 1.37 bits per heavy atom. The van der Waals surface area contributed by atoms with Crippen LogP contribution in [-0.2, 0) is 17.9 Å². The van der Waals surface area contributed by atoms with Crippen LogP contribution >= 0.6 is 0 Å². The molecule has 1 aromatic rings. The van der Waals surface area contributed by atoms with Crippen molar-refractivity contribution in [2.45, 2.75) is 38.9 Å². The van der Waals surface area contributed by atoms with Crippen LogP contribution in [0.1, 0.15) is 30.9 Å². The molecule has 0 saturated carbocycles. The molecule has 1 atom stereocenters. The van der Waals surface area contributed by atoms with E-state index in [2.05, 4.69) is 22.3 Å². The maximum Gasteiger partial charge on any atom is 0.220 e. The zero-order valence-electron chi connectivity index (χ0n) is 12.1. The predicted molar refractivity (Wildman–Crippen MR) is 78.6 cm³/mol. The van der Waals surface area contributed by atoms with Crippen LogP contribution in [0.2, 0.25) is 0 Å². The van der Waals surface area contributed by atoms with Crippen molar-refractivity contribution in [1.82, 2.24) is 10.2 Å². The van der Waals surface area contributed by atoms with Crippen molar-refractivity contribution in [3.63, 3.8) is 0 Å². The normalized spacial score (nSPS) is 12.5. The molecule has 4 nitrogen and oxygen atoms in total. The zero-order chi connectivity index (χ0) is 14.3.